The molecule has 3 rings (SSSR count). The highest BCUT2D eigenvalue weighted by molar-refractivity contribution is 9.10. The van der Waals surface area contributed by atoms with E-state index in [1.807, 2.05) is 0 Å². The fraction of sp³-hybridized carbons (Fsp3) is 0.429. The molecule has 1 aliphatic carbocycles. The first-order chi connectivity index (χ1) is 9.41. The minimum Gasteiger partial charge on any atom is -0.340 e. The van der Waals surface area contributed by atoms with Gasteiger partial charge in [0.15, 0.2) is 0 Å². The van der Waals surface area contributed by atoms with Crippen LogP contribution in [0.15, 0.2) is 22.7 Å². The zero-order chi connectivity index (χ0) is 14.5. The number of halogens is 2. The van der Waals surface area contributed by atoms with Gasteiger partial charge in [0.05, 0.1) is 5.69 Å². The van der Waals surface area contributed by atoms with E-state index in [4.69, 9.17) is 0 Å². The Morgan fingerprint density at radius 1 is 1.40 bits per heavy atom. The zero-order valence-corrected chi connectivity index (χ0v) is 12.5. The number of amides is 2. The third kappa shape index (κ3) is 2.12. The molecule has 106 valence electrons. The van der Waals surface area contributed by atoms with Gasteiger partial charge in [-0.2, -0.15) is 0 Å². The Morgan fingerprint density at radius 3 is 2.75 bits per heavy atom. The maximum atomic E-state index is 14.0. The second-order valence-corrected chi connectivity index (χ2v) is 6.43. The van der Waals surface area contributed by atoms with Crippen LogP contribution in [0.25, 0.3) is 0 Å². The molecule has 6 heteroatoms. The Kier molecular flexibility index (Phi) is 3.08. The fourth-order valence-corrected chi connectivity index (χ4v) is 3.05. The highest BCUT2D eigenvalue weighted by atomic mass is 79.9. The molecule has 1 atom stereocenters. The molecule has 4 nitrogen and oxygen atoms in total. The van der Waals surface area contributed by atoms with Gasteiger partial charge < -0.3 is 5.32 Å². The first-order valence-electron chi connectivity index (χ1n) is 6.50. The number of piperazine rings is 1. The van der Waals surface area contributed by atoms with E-state index in [1.165, 1.54) is 17.0 Å². The lowest BCUT2D eigenvalue weighted by atomic mass is 9.91. The summed E-state index contributed by atoms with van der Waals surface area (Å²) in [6.45, 7) is 1.58. The summed E-state index contributed by atoms with van der Waals surface area (Å²) in [5, 5.41) is 2.77. The Balaban J connectivity index is 2.01. The second kappa shape index (κ2) is 4.55. The van der Waals surface area contributed by atoms with Crippen molar-refractivity contribution in [2.24, 2.45) is 5.92 Å². The lowest BCUT2D eigenvalue weighted by Gasteiger charge is -2.40. The molecule has 1 saturated heterocycles. The largest absolute Gasteiger partial charge is 0.340 e. The number of nitrogens with zero attached hydrogens (tertiary/aromatic N) is 1. The maximum absolute atomic E-state index is 14.0. The monoisotopic (exact) mass is 340 g/mol. The van der Waals surface area contributed by atoms with Gasteiger partial charge in [0.25, 0.3) is 5.91 Å². The minimum absolute atomic E-state index is 0.144. The summed E-state index contributed by atoms with van der Waals surface area (Å²) < 4.78 is 14.6. The molecular formula is C14H14BrFN2O2. The van der Waals surface area contributed by atoms with E-state index < -0.39 is 11.4 Å². The molecule has 2 amide bonds. The summed E-state index contributed by atoms with van der Waals surface area (Å²) >= 11 is 3.26. The van der Waals surface area contributed by atoms with Gasteiger partial charge in [0, 0.05) is 4.47 Å². The summed E-state index contributed by atoms with van der Waals surface area (Å²) in [6, 6.07) is 4.38. The third-order valence-electron chi connectivity index (χ3n) is 3.98. The van der Waals surface area contributed by atoms with Crippen molar-refractivity contribution in [2.75, 3.05) is 11.4 Å². The molecule has 1 aliphatic heterocycles. The number of nitrogens with one attached hydrogen (secondary N) is 1. The van der Waals surface area contributed by atoms with Crippen LogP contribution in [0.5, 0.6) is 0 Å². The van der Waals surface area contributed by atoms with Crippen molar-refractivity contribution in [3.63, 3.8) is 0 Å². The Labute approximate surface area is 124 Å². The summed E-state index contributed by atoms with van der Waals surface area (Å²) in [6.07, 6.45) is 1.83. The van der Waals surface area contributed by atoms with E-state index >= 15 is 0 Å². The molecule has 1 unspecified atom stereocenters. The lowest BCUT2D eigenvalue weighted by Crippen LogP contribution is -2.66. The molecule has 1 heterocycles. The normalized spacial score (nSPS) is 26.6. The molecule has 1 saturated carbocycles. The third-order valence-corrected chi connectivity index (χ3v) is 4.48. The fourth-order valence-electron chi connectivity index (χ4n) is 2.70. The van der Waals surface area contributed by atoms with Crippen LogP contribution in [0.1, 0.15) is 19.8 Å². The molecular weight excluding hydrogens is 327 g/mol. The Morgan fingerprint density at radius 2 is 2.10 bits per heavy atom. The first kappa shape index (κ1) is 13.5. The van der Waals surface area contributed by atoms with Gasteiger partial charge >= 0.3 is 0 Å². The number of hydrogen-bond acceptors (Lipinski definition) is 2. The van der Waals surface area contributed by atoms with Crippen molar-refractivity contribution in [1.82, 2.24) is 5.32 Å². The van der Waals surface area contributed by atoms with E-state index in [1.54, 1.807) is 13.0 Å². The average Bonchev–Trinajstić information content (AvgIpc) is 3.21. The lowest BCUT2D eigenvalue weighted by molar-refractivity contribution is -0.136. The van der Waals surface area contributed by atoms with Crippen molar-refractivity contribution < 1.29 is 14.0 Å². The van der Waals surface area contributed by atoms with E-state index in [2.05, 4.69) is 21.2 Å². The standard InChI is InChI=1S/C14H14BrFN2O2/c1-14(8-2-3-8)13(20)18(7-12(19)17-14)11-6-9(15)4-5-10(11)16/h4-6,8H,2-3,7H2,1H3,(H,17,19). The second-order valence-electron chi connectivity index (χ2n) is 5.51. The average molecular weight is 341 g/mol. The van der Waals surface area contributed by atoms with Gasteiger partial charge in [0.1, 0.15) is 17.9 Å². The number of rotatable bonds is 2. The molecule has 20 heavy (non-hydrogen) atoms. The zero-order valence-electron chi connectivity index (χ0n) is 11.0. The highest BCUT2D eigenvalue weighted by Gasteiger charge is 2.53. The van der Waals surface area contributed by atoms with Crippen LogP contribution in [-0.4, -0.2) is 23.9 Å². The molecule has 0 spiro atoms. The van der Waals surface area contributed by atoms with Gasteiger partial charge in [-0.3, -0.25) is 14.5 Å². The van der Waals surface area contributed by atoms with Crippen LogP contribution >= 0.6 is 15.9 Å². The Bertz CT molecular complexity index is 603. The van der Waals surface area contributed by atoms with Crippen molar-refractivity contribution in [3.8, 4) is 0 Å². The van der Waals surface area contributed by atoms with E-state index in [0.29, 0.717) is 4.47 Å². The van der Waals surface area contributed by atoms with Crippen molar-refractivity contribution in [2.45, 2.75) is 25.3 Å². The molecule has 2 aliphatic rings. The van der Waals surface area contributed by atoms with Crippen LogP contribution in [-0.2, 0) is 9.59 Å². The minimum atomic E-state index is -0.913. The van der Waals surface area contributed by atoms with Crippen LogP contribution in [0, 0.1) is 11.7 Å². The van der Waals surface area contributed by atoms with Gasteiger partial charge in [-0.05, 0) is 43.9 Å². The molecule has 2 fully saturated rings. The summed E-state index contributed by atoms with van der Waals surface area (Å²) in [7, 11) is 0. The van der Waals surface area contributed by atoms with E-state index in [0.717, 1.165) is 12.8 Å². The number of carbonyl (C=O) groups excluding carboxylic acids is 2. The van der Waals surface area contributed by atoms with Gasteiger partial charge in [-0.15, -0.1) is 0 Å². The summed E-state index contributed by atoms with van der Waals surface area (Å²) in [5.74, 6) is -0.846. The molecule has 1 N–H and O–H groups in total. The number of anilines is 1. The molecule has 0 aromatic heterocycles. The molecule has 0 bridgehead atoms. The maximum Gasteiger partial charge on any atom is 0.253 e. The number of hydrogen-bond donors (Lipinski definition) is 1. The predicted octanol–water partition coefficient (Wildman–Crippen LogP) is 2.22. The van der Waals surface area contributed by atoms with Crippen LogP contribution in [0.2, 0.25) is 0 Å². The number of carbonyl (C=O) groups is 2. The summed E-state index contributed by atoms with van der Waals surface area (Å²) in [4.78, 5) is 25.8. The Hall–Kier alpha value is -1.43. The smallest absolute Gasteiger partial charge is 0.253 e. The van der Waals surface area contributed by atoms with Crippen LogP contribution < -0.4 is 10.2 Å². The van der Waals surface area contributed by atoms with Crippen LogP contribution in [0.3, 0.4) is 0 Å². The van der Waals surface area contributed by atoms with Crippen molar-refractivity contribution in [1.29, 1.82) is 0 Å². The first-order valence-corrected chi connectivity index (χ1v) is 7.29. The quantitative estimate of drug-likeness (QED) is 0.897. The van der Waals surface area contributed by atoms with E-state index in [9.17, 15) is 14.0 Å². The van der Waals surface area contributed by atoms with Crippen molar-refractivity contribution in [3.05, 3.63) is 28.5 Å². The predicted molar refractivity (Wildman–Crippen MR) is 75.7 cm³/mol. The van der Waals surface area contributed by atoms with Gasteiger partial charge in [-0.1, -0.05) is 15.9 Å². The number of benzene rings is 1. The van der Waals surface area contributed by atoms with Crippen LogP contribution in [0.4, 0.5) is 10.1 Å². The molecule has 0 radical (unpaired) electrons. The SMILES string of the molecule is CC1(C2CC2)NC(=O)CN(c2cc(Br)ccc2F)C1=O. The molecule has 1 aromatic carbocycles. The molecule has 1 aromatic rings. The van der Waals surface area contributed by atoms with Gasteiger partial charge in [0.2, 0.25) is 5.91 Å². The highest BCUT2D eigenvalue weighted by Crippen LogP contribution is 2.42. The summed E-state index contributed by atoms with van der Waals surface area (Å²) in [5.41, 5.74) is -0.768. The topological polar surface area (TPSA) is 49.4 Å². The van der Waals surface area contributed by atoms with E-state index in [-0.39, 0.29) is 30.0 Å². The van der Waals surface area contributed by atoms with Gasteiger partial charge in [-0.25, -0.2) is 4.39 Å². The van der Waals surface area contributed by atoms with Crippen molar-refractivity contribution >= 4 is 33.4 Å².